The van der Waals surface area contributed by atoms with E-state index in [0.717, 1.165) is 22.3 Å². The summed E-state index contributed by atoms with van der Waals surface area (Å²) in [5.74, 6) is 0.240. The average Bonchev–Trinajstić information content (AvgIpc) is 3.26. The third kappa shape index (κ3) is 2.97. The largest absolute Gasteiger partial charge is 0.463 e. The van der Waals surface area contributed by atoms with Crippen LogP contribution < -0.4 is 4.90 Å². The summed E-state index contributed by atoms with van der Waals surface area (Å²) < 4.78 is 7.35. The summed E-state index contributed by atoms with van der Waals surface area (Å²) in [5.41, 5.74) is 3.43. The molecule has 0 aliphatic carbocycles. The van der Waals surface area contributed by atoms with Gasteiger partial charge in [0.1, 0.15) is 11.4 Å². The zero-order valence-corrected chi connectivity index (χ0v) is 14.7. The fourth-order valence-electron chi connectivity index (χ4n) is 2.81. The molecule has 3 heterocycles. The van der Waals surface area contributed by atoms with E-state index in [4.69, 9.17) is 4.42 Å². The van der Waals surface area contributed by atoms with Crippen molar-refractivity contribution >= 4 is 40.0 Å². The fraction of sp³-hybridized carbons (Fsp3) is 0.105. The van der Waals surface area contributed by atoms with Gasteiger partial charge in [0.2, 0.25) is 5.91 Å². The number of hydrogen-bond donors (Lipinski definition) is 0. The molecule has 130 valence electrons. The average molecular weight is 364 g/mol. The molecule has 0 N–H and O–H groups in total. The van der Waals surface area contributed by atoms with Gasteiger partial charge in [-0.25, -0.2) is 0 Å². The van der Waals surface area contributed by atoms with E-state index < -0.39 is 0 Å². The Bertz CT molecular complexity index is 1070. The number of furan rings is 1. The molecule has 7 heteroatoms. The minimum Gasteiger partial charge on any atom is -0.463 e. The van der Waals surface area contributed by atoms with Gasteiger partial charge in [-0.05, 0) is 12.1 Å². The number of anilines is 1. The number of para-hydroxylation sites is 1. The molecular weight excluding hydrogens is 348 g/mol. The predicted molar refractivity (Wildman–Crippen MR) is 102 cm³/mol. The lowest BCUT2D eigenvalue weighted by Crippen LogP contribution is -2.32. The highest BCUT2D eigenvalue weighted by Gasteiger charge is 2.17. The standard InChI is InChI=1S/C19H16N4O2S/c1-2-9-22(14-6-4-3-5-7-14)18(24)12-26-19-16-11-17-15(8-10-25-17)23(16)13-20-21-19/h2-8,10-11,13H,1,9,12H2. The lowest BCUT2D eigenvalue weighted by Gasteiger charge is -2.21. The second kappa shape index (κ2) is 7.05. The maximum Gasteiger partial charge on any atom is 0.237 e. The minimum atomic E-state index is -0.0138. The Morgan fingerprint density at radius 1 is 1.27 bits per heavy atom. The van der Waals surface area contributed by atoms with Gasteiger partial charge in [-0.1, -0.05) is 36.0 Å². The maximum absolute atomic E-state index is 12.7. The van der Waals surface area contributed by atoms with Gasteiger partial charge < -0.3 is 9.32 Å². The Hall–Kier alpha value is -3.06. The fourth-order valence-corrected chi connectivity index (χ4v) is 3.64. The van der Waals surface area contributed by atoms with Crippen molar-refractivity contribution in [3.05, 3.63) is 67.7 Å². The minimum absolute atomic E-state index is 0.0138. The van der Waals surface area contributed by atoms with E-state index >= 15 is 0 Å². The molecule has 0 spiro atoms. The van der Waals surface area contributed by atoms with Gasteiger partial charge in [0, 0.05) is 24.4 Å². The molecule has 0 unspecified atom stereocenters. The van der Waals surface area contributed by atoms with Gasteiger partial charge in [-0.2, -0.15) is 0 Å². The molecule has 1 amide bonds. The van der Waals surface area contributed by atoms with E-state index in [9.17, 15) is 4.79 Å². The molecular formula is C19H16N4O2S. The molecule has 26 heavy (non-hydrogen) atoms. The van der Waals surface area contributed by atoms with E-state index in [1.165, 1.54) is 11.8 Å². The van der Waals surface area contributed by atoms with Gasteiger partial charge in [-0.3, -0.25) is 9.20 Å². The quantitative estimate of drug-likeness (QED) is 0.385. The Labute approximate surface area is 154 Å². The highest BCUT2D eigenvalue weighted by Crippen LogP contribution is 2.27. The predicted octanol–water partition coefficient (Wildman–Crippen LogP) is 3.79. The van der Waals surface area contributed by atoms with Gasteiger partial charge in [-0.15, -0.1) is 16.8 Å². The molecule has 0 saturated heterocycles. The van der Waals surface area contributed by atoms with Gasteiger partial charge in [0.05, 0.1) is 23.0 Å². The van der Waals surface area contributed by atoms with E-state index in [1.807, 2.05) is 46.9 Å². The zero-order chi connectivity index (χ0) is 17.9. The number of carbonyl (C=O) groups excluding carboxylic acids is 1. The smallest absolute Gasteiger partial charge is 0.237 e. The number of aromatic nitrogens is 3. The van der Waals surface area contributed by atoms with Crippen molar-refractivity contribution in [2.24, 2.45) is 0 Å². The van der Waals surface area contributed by atoms with Crippen LogP contribution in [0.3, 0.4) is 0 Å². The maximum atomic E-state index is 12.7. The van der Waals surface area contributed by atoms with Crippen LogP contribution in [0.25, 0.3) is 16.6 Å². The number of benzene rings is 1. The molecule has 0 aliphatic heterocycles. The molecule has 6 nitrogen and oxygen atoms in total. The normalized spacial score (nSPS) is 11.1. The molecule has 3 aromatic heterocycles. The molecule has 0 atom stereocenters. The van der Waals surface area contributed by atoms with Crippen LogP contribution in [0.2, 0.25) is 0 Å². The molecule has 0 radical (unpaired) electrons. The summed E-state index contributed by atoms with van der Waals surface area (Å²) in [6.45, 7) is 4.20. The summed E-state index contributed by atoms with van der Waals surface area (Å²) in [7, 11) is 0. The lowest BCUT2D eigenvalue weighted by atomic mass is 10.3. The Balaban J connectivity index is 1.57. The van der Waals surface area contributed by atoms with Crippen molar-refractivity contribution in [3.63, 3.8) is 0 Å². The van der Waals surface area contributed by atoms with Crippen LogP contribution in [0, 0.1) is 0 Å². The highest BCUT2D eigenvalue weighted by atomic mass is 32.2. The second-order valence-electron chi connectivity index (χ2n) is 5.62. The Kier molecular flexibility index (Phi) is 4.45. The Morgan fingerprint density at radius 2 is 2.12 bits per heavy atom. The van der Waals surface area contributed by atoms with Crippen molar-refractivity contribution in [3.8, 4) is 0 Å². The lowest BCUT2D eigenvalue weighted by molar-refractivity contribution is -0.116. The SMILES string of the molecule is C=CCN(C(=O)CSc1nncn2c1cc1occc12)c1ccccc1. The molecule has 0 saturated carbocycles. The summed E-state index contributed by atoms with van der Waals surface area (Å²) in [5, 5.41) is 8.93. The van der Waals surface area contributed by atoms with Crippen molar-refractivity contribution in [1.29, 1.82) is 0 Å². The number of nitrogens with zero attached hydrogens (tertiary/aromatic N) is 4. The van der Waals surface area contributed by atoms with Gasteiger partial charge in [0.15, 0.2) is 5.58 Å². The first kappa shape index (κ1) is 16.4. The van der Waals surface area contributed by atoms with Crippen LogP contribution in [0.1, 0.15) is 0 Å². The van der Waals surface area contributed by atoms with E-state index in [-0.39, 0.29) is 11.7 Å². The summed E-state index contributed by atoms with van der Waals surface area (Å²) >= 11 is 1.36. The van der Waals surface area contributed by atoms with Gasteiger partial charge in [0.25, 0.3) is 0 Å². The Morgan fingerprint density at radius 3 is 2.92 bits per heavy atom. The second-order valence-corrected chi connectivity index (χ2v) is 6.59. The summed E-state index contributed by atoms with van der Waals surface area (Å²) in [6, 6.07) is 13.4. The van der Waals surface area contributed by atoms with Crippen molar-refractivity contribution in [2.45, 2.75) is 5.03 Å². The van der Waals surface area contributed by atoms with Crippen molar-refractivity contribution in [2.75, 3.05) is 17.2 Å². The first-order chi connectivity index (χ1) is 12.8. The number of fused-ring (bicyclic) bond motifs is 3. The molecule has 1 aromatic carbocycles. The van der Waals surface area contributed by atoms with Crippen LogP contribution in [0.4, 0.5) is 5.69 Å². The third-order valence-electron chi connectivity index (χ3n) is 4.01. The monoisotopic (exact) mass is 364 g/mol. The van der Waals surface area contributed by atoms with E-state index in [0.29, 0.717) is 11.6 Å². The first-order valence-corrected chi connectivity index (χ1v) is 9.05. The first-order valence-electron chi connectivity index (χ1n) is 8.07. The third-order valence-corrected chi connectivity index (χ3v) is 4.96. The van der Waals surface area contributed by atoms with Crippen LogP contribution in [-0.4, -0.2) is 32.8 Å². The molecule has 0 fully saturated rings. The molecule has 0 bridgehead atoms. The highest BCUT2D eigenvalue weighted by molar-refractivity contribution is 8.00. The summed E-state index contributed by atoms with van der Waals surface area (Å²) in [4.78, 5) is 14.5. The van der Waals surface area contributed by atoms with Crippen LogP contribution in [0.5, 0.6) is 0 Å². The van der Waals surface area contributed by atoms with Crippen molar-refractivity contribution < 1.29 is 9.21 Å². The van der Waals surface area contributed by atoms with Crippen LogP contribution in [-0.2, 0) is 4.79 Å². The number of amides is 1. The topological polar surface area (TPSA) is 63.6 Å². The van der Waals surface area contributed by atoms with Crippen LogP contribution >= 0.6 is 11.8 Å². The van der Waals surface area contributed by atoms with E-state index in [1.54, 1.807) is 23.6 Å². The zero-order valence-electron chi connectivity index (χ0n) is 13.9. The molecule has 4 rings (SSSR count). The number of rotatable bonds is 6. The number of thioether (sulfide) groups is 1. The summed E-state index contributed by atoms with van der Waals surface area (Å²) in [6.07, 6.45) is 5.01. The van der Waals surface area contributed by atoms with Gasteiger partial charge >= 0.3 is 0 Å². The number of hydrogen-bond acceptors (Lipinski definition) is 5. The molecule has 0 aliphatic rings. The van der Waals surface area contributed by atoms with Crippen LogP contribution in [0.15, 0.2) is 77.2 Å². The van der Waals surface area contributed by atoms with E-state index in [2.05, 4.69) is 16.8 Å². The molecule has 4 aromatic rings. The van der Waals surface area contributed by atoms with Crippen molar-refractivity contribution in [1.82, 2.24) is 14.6 Å². The number of carbonyl (C=O) groups is 1.